The summed E-state index contributed by atoms with van der Waals surface area (Å²) < 4.78 is 2.45. The highest BCUT2D eigenvalue weighted by Gasteiger charge is 2.42. The first-order chi connectivity index (χ1) is 12.4. The SMILES string of the molecule is Cn1nnnc1SCC(=O)N1c2ccccc2-c2c(ssc2=S)C1(C)C. The first-order valence-electron chi connectivity index (χ1n) is 7.82. The van der Waals surface area contributed by atoms with Gasteiger partial charge in [-0.15, -0.1) is 5.10 Å². The van der Waals surface area contributed by atoms with Crippen molar-refractivity contribution in [2.45, 2.75) is 24.5 Å². The average Bonchev–Trinajstić information content (AvgIpc) is 3.19. The van der Waals surface area contributed by atoms with Gasteiger partial charge < -0.3 is 4.90 Å². The van der Waals surface area contributed by atoms with Crippen LogP contribution in [-0.2, 0) is 17.4 Å². The second-order valence-corrected chi connectivity index (χ2v) is 10.1. The lowest BCUT2D eigenvalue weighted by Crippen LogP contribution is -2.48. The molecule has 26 heavy (non-hydrogen) atoms. The average molecular weight is 422 g/mol. The molecule has 0 fully saturated rings. The molecule has 1 aliphatic rings. The monoisotopic (exact) mass is 421 g/mol. The third-order valence-corrected chi connectivity index (χ3v) is 8.64. The van der Waals surface area contributed by atoms with Gasteiger partial charge in [-0.3, -0.25) is 4.79 Å². The Morgan fingerprint density at radius 1 is 1.31 bits per heavy atom. The van der Waals surface area contributed by atoms with Gasteiger partial charge in [0.1, 0.15) is 3.82 Å². The van der Waals surface area contributed by atoms with E-state index in [1.807, 2.05) is 29.2 Å². The smallest absolute Gasteiger partial charge is 0.238 e. The Balaban J connectivity index is 1.75. The third-order valence-electron chi connectivity index (χ3n) is 4.32. The Labute approximate surface area is 167 Å². The summed E-state index contributed by atoms with van der Waals surface area (Å²) in [5.74, 6) is 0.280. The molecule has 0 aliphatic carbocycles. The highest BCUT2D eigenvalue weighted by atomic mass is 32.9. The van der Waals surface area contributed by atoms with Crippen LogP contribution in [-0.4, -0.2) is 31.9 Å². The fourth-order valence-electron chi connectivity index (χ4n) is 3.16. The Bertz CT molecular complexity index is 1050. The highest BCUT2D eigenvalue weighted by molar-refractivity contribution is 7.99. The van der Waals surface area contributed by atoms with Crippen LogP contribution in [0, 0.1) is 3.82 Å². The number of rotatable bonds is 3. The lowest BCUT2D eigenvalue weighted by molar-refractivity contribution is -0.117. The number of aromatic nitrogens is 4. The molecule has 6 nitrogen and oxygen atoms in total. The zero-order valence-electron chi connectivity index (χ0n) is 14.3. The number of thioether (sulfide) groups is 1. The van der Waals surface area contributed by atoms with Gasteiger partial charge in [0.2, 0.25) is 11.1 Å². The van der Waals surface area contributed by atoms with Crippen molar-refractivity contribution in [1.82, 2.24) is 20.2 Å². The van der Waals surface area contributed by atoms with E-state index in [2.05, 4.69) is 29.4 Å². The van der Waals surface area contributed by atoms with Crippen LogP contribution in [0.4, 0.5) is 5.69 Å². The molecule has 0 unspecified atom stereocenters. The molecule has 0 radical (unpaired) electrons. The maximum Gasteiger partial charge on any atom is 0.238 e. The number of para-hydroxylation sites is 1. The van der Waals surface area contributed by atoms with Gasteiger partial charge >= 0.3 is 0 Å². The lowest BCUT2D eigenvalue weighted by Gasteiger charge is -2.42. The van der Waals surface area contributed by atoms with Crippen LogP contribution in [0.2, 0.25) is 0 Å². The number of aryl methyl sites for hydroxylation is 1. The molecule has 0 atom stereocenters. The first kappa shape index (κ1) is 17.8. The maximum atomic E-state index is 13.2. The number of carbonyl (C=O) groups is 1. The normalized spacial score (nSPS) is 14.8. The number of nitrogens with zero attached hydrogens (tertiary/aromatic N) is 5. The molecule has 3 aromatic rings. The molecular weight excluding hydrogens is 406 g/mol. The second kappa shape index (κ2) is 6.52. The standard InChI is InChI=1S/C16H15N5OS4/c1-16(2)13-12(14(23)26-25-13)9-6-4-5-7-10(9)21(16)11(22)8-24-15-17-18-19-20(15)3/h4-7H,8H2,1-3H3. The molecule has 1 aliphatic heterocycles. The van der Waals surface area contributed by atoms with Crippen LogP contribution >= 0.6 is 44.7 Å². The fraction of sp³-hybridized carbons (Fsp3) is 0.312. The number of hydrogen-bond donors (Lipinski definition) is 0. The van der Waals surface area contributed by atoms with Gasteiger partial charge in [-0.1, -0.05) is 62.9 Å². The van der Waals surface area contributed by atoms with E-state index in [-0.39, 0.29) is 11.7 Å². The van der Waals surface area contributed by atoms with Gasteiger partial charge in [0.05, 0.1) is 21.9 Å². The van der Waals surface area contributed by atoms with Gasteiger partial charge in [0.15, 0.2) is 0 Å². The van der Waals surface area contributed by atoms with Crippen molar-refractivity contribution in [2.24, 2.45) is 7.05 Å². The van der Waals surface area contributed by atoms with E-state index in [0.717, 1.165) is 25.5 Å². The van der Waals surface area contributed by atoms with Crippen molar-refractivity contribution in [3.63, 3.8) is 0 Å². The van der Waals surface area contributed by atoms with Crippen molar-refractivity contribution in [2.75, 3.05) is 10.7 Å². The van der Waals surface area contributed by atoms with Crippen LogP contribution in [0.1, 0.15) is 18.7 Å². The Kier molecular flexibility index (Phi) is 4.46. The van der Waals surface area contributed by atoms with Gasteiger partial charge in [0, 0.05) is 18.2 Å². The maximum absolute atomic E-state index is 13.2. The number of benzene rings is 1. The van der Waals surface area contributed by atoms with Gasteiger partial charge in [-0.05, 0) is 30.3 Å². The number of anilines is 1. The first-order valence-corrected chi connectivity index (χ1v) is 11.4. The van der Waals surface area contributed by atoms with Gasteiger partial charge in [-0.25, -0.2) is 4.68 Å². The van der Waals surface area contributed by atoms with Crippen molar-refractivity contribution >= 4 is 56.3 Å². The molecule has 0 spiro atoms. The molecule has 1 amide bonds. The Morgan fingerprint density at radius 3 is 2.81 bits per heavy atom. The molecule has 2 aromatic heterocycles. The molecule has 10 heteroatoms. The summed E-state index contributed by atoms with van der Waals surface area (Å²) in [5.41, 5.74) is 2.58. The summed E-state index contributed by atoms with van der Waals surface area (Å²) in [4.78, 5) is 16.2. The van der Waals surface area contributed by atoms with Gasteiger partial charge in [-0.2, -0.15) is 0 Å². The summed E-state index contributed by atoms with van der Waals surface area (Å²) in [6.07, 6.45) is 0. The number of carbonyl (C=O) groups excluding carboxylic acids is 1. The quantitative estimate of drug-likeness (QED) is 0.360. The third kappa shape index (κ3) is 2.72. The second-order valence-electron chi connectivity index (χ2n) is 6.34. The molecule has 1 aromatic carbocycles. The minimum absolute atomic E-state index is 0.0189. The minimum Gasteiger partial charge on any atom is -0.301 e. The van der Waals surface area contributed by atoms with E-state index in [9.17, 15) is 4.79 Å². The fourth-order valence-corrected chi connectivity index (χ4v) is 7.14. The van der Waals surface area contributed by atoms with Crippen LogP contribution in [0.25, 0.3) is 11.1 Å². The Hall–Kier alpha value is -1.62. The summed E-state index contributed by atoms with van der Waals surface area (Å²) >= 11 is 6.91. The molecule has 4 rings (SSSR count). The van der Waals surface area contributed by atoms with E-state index in [4.69, 9.17) is 12.2 Å². The number of hydrogen-bond acceptors (Lipinski definition) is 8. The molecule has 0 saturated carbocycles. The van der Waals surface area contributed by atoms with E-state index in [1.54, 1.807) is 32.4 Å². The lowest BCUT2D eigenvalue weighted by atomic mass is 9.87. The topological polar surface area (TPSA) is 63.9 Å². The predicted octanol–water partition coefficient (Wildman–Crippen LogP) is 4.10. The van der Waals surface area contributed by atoms with Crippen LogP contribution in [0.3, 0.4) is 0 Å². The van der Waals surface area contributed by atoms with Crippen molar-refractivity contribution < 1.29 is 4.79 Å². The largest absolute Gasteiger partial charge is 0.301 e. The predicted molar refractivity (Wildman–Crippen MR) is 109 cm³/mol. The Morgan fingerprint density at radius 2 is 2.08 bits per heavy atom. The van der Waals surface area contributed by atoms with Crippen LogP contribution in [0.15, 0.2) is 29.4 Å². The number of amides is 1. The molecule has 0 N–H and O–H groups in total. The van der Waals surface area contributed by atoms with Crippen molar-refractivity contribution in [3.05, 3.63) is 33.0 Å². The summed E-state index contributed by atoms with van der Waals surface area (Å²) in [7, 11) is 5.02. The molecule has 0 bridgehead atoms. The van der Waals surface area contributed by atoms with E-state index < -0.39 is 5.54 Å². The summed E-state index contributed by atoms with van der Waals surface area (Å²) in [6.45, 7) is 4.15. The molecule has 0 saturated heterocycles. The number of fused-ring (bicyclic) bond motifs is 3. The molecule has 3 heterocycles. The van der Waals surface area contributed by atoms with E-state index in [0.29, 0.717) is 5.16 Å². The number of tetrazole rings is 1. The van der Waals surface area contributed by atoms with E-state index >= 15 is 0 Å². The summed E-state index contributed by atoms with van der Waals surface area (Å²) in [5, 5.41) is 12.0. The summed E-state index contributed by atoms with van der Waals surface area (Å²) in [6, 6.07) is 7.97. The van der Waals surface area contributed by atoms with Crippen molar-refractivity contribution in [1.29, 1.82) is 0 Å². The van der Waals surface area contributed by atoms with Gasteiger partial charge in [0.25, 0.3) is 0 Å². The molecule has 134 valence electrons. The zero-order valence-corrected chi connectivity index (χ0v) is 17.6. The zero-order chi connectivity index (χ0) is 18.5. The highest BCUT2D eigenvalue weighted by Crippen LogP contribution is 2.52. The van der Waals surface area contributed by atoms with E-state index in [1.165, 1.54) is 11.8 Å². The molecular formula is C16H15N5OS4. The van der Waals surface area contributed by atoms with Crippen molar-refractivity contribution in [3.8, 4) is 11.1 Å². The minimum atomic E-state index is -0.461. The van der Waals surface area contributed by atoms with Crippen LogP contribution < -0.4 is 4.90 Å². The van der Waals surface area contributed by atoms with Crippen LogP contribution in [0.5, 0.6) is 0 Å².